The lowest BCUT2D eigenvalue weighted by Crippen LogP contribution is -2.48. The number of likely N-dealkylation sites (N-methyl/N-ethyl adjacent to an activating group) is 1. The van der Waals surface area contributed by atoms with E-state index in [0.29, 0.717) is 11.5 Å². The lowest BCUT2D eigenvalue weighted by molar-refractivity contribution is 0.0637. The zero-order valence-electron chi connectivity index (χ0n) is 16.9. The average molecular weight is 396 g/mol. The monoisotopic (exact) mass is 396 g/mol. The summed E-state index contributed by atoms with van der Waals surface area (Å²) in [6, 6.07) is 9.88. The van der Waals surface area contributed by atoms with Crippen LogP contribution in [0, 0.1) is 0 Å². The first kappa shape index (κ1) is 19.6. The zero-order chi connectivity index (χ0) is 20.1. The van der Waals surface area contributed by atoms with Crippen LogP contribution in [0.25, 0.3) is 0 Å². The van der Waals surface area contributed by atoms with E-state index in [9.17, 15) is 4.79 Å². The van der Waals surface area contributed by atoms with Crippen LogP contribution in [-0.2, 0) is 4.74 Å². The summed E-state index contributed by atoms with van der Waals surface area (Å²) in [5.74, 6) is 0.587. The Bertz CT molecular complexity index is 831. The molecule has 0 bridgehead atoms. The molecule has 29 heavy (non-hydrogen) atoms. The third-order valence-electron chi connectivity index (χ3n) is 5.51. The lowest BCUT2D eigenvalue weighted by Gasteiger charge is -2.33. The smallest absolute Gasteiger partial charge is 0.272 e. The van der Waals surface area contributed by atoms with Gasteiger partial charge in [-0.3, -0.25) is 4.79 Å². The fraction of sp³-hybridized carbons (Fsp3) is 0.476. The summed E-state index contributed by atoms with van der Waals surface area (Å²) in [6.07, 6.45) is 1.45. The molecular formula is C21H28N6O2. The summed E-state index contributed by atoms with van der Waals surface area (Å²) >= 11 is 0. The Morgan fingerprint density at radius 1 is 1.07 bits per heavy atom. The van der Waals surface area contributed by atoms with Gasteiger partial charge in [0.25, 0.3) is 5.91 Å². The van der Waals surface area contributed by atoms with Crippen molar-refractivity contribution in [3.8, 4) is 0 Å². The Kier molecular flexibility index (Phi) is 6.21. The standard InChI is InChI=1S/C21H28N6O2/c1-2-25-7-9-27(10-8-25)21(28)18-15-20(23-16-22-18)24-17-5-3-4-6-19(17)26-11-13-29-14-12-26/h3-6,15-16H,2,7-14H2,1H3,(H,22,23,24). The second kappa shape index (κ2) is 9.19. The summed E-state index contributed by atoms with van der Waals surface area (Å²) in [5, 5.41) is 3.37. The average Bonchev–Trinajstić information content (AvgIpc) is 2.80. The number of rotatable bonds is 5. The van der Waals surface area contributed by atoms with Crippen molar-refractivity contribution in [1.82, 2.24) is 19.8 Å². The Hall–Kier alpha value is -2.71. The molecule has 0 unspecified atom stereocenters. The first-order chi connectivity index (χ1) is 14.2. The predicted octanol–water partition coefficient (Wildman–Crippen LogP) is 1.83. The van der Waals surface area contributed by atoms with E-state index < -0.39 is 0 Å². The molecule has 0 atom stereocenters. The van der Waals surface area contributed by atoms with E-state index >= 15 is 0 Å². The number of ether oxygens (including phenoxy) is 1. The molecule has 8 heteroatoms. The molecule has 8 nitrogen and oxygen atoms in total. The van der Waals surface area contributed by atoms with Crippen LogP contribution < -0.4 is 10.2 Å². The fourth-order valence-corrected chi connectivity index (χ4v) is 3.77. The second-order valence-electron chi connectivity index (χ2n) is 7.26. The number of piperazine rings is 1. The van der Waals surface area contributed by atoms with Crippen molar-refractivity contribution in [3.05, 3.63) is 42.4 Å². The molecule has 1 amide bonds. The van der Waals surface area contributed by atoms with Gasteiger partial charge < -0.3 is 24.8 Å². The Balaban J connectivity index is 1.48. The highest BCUT2D eigenvalue weighted by molar-refractivity contribution is 5.93. The van der Waals surface area contributed by atoms with Crippen LogP contribution >= 0.6 is 0 Å². The van der Waals surface area contributed by atoms with Crippen LogP contribution in [0.15, 0.2) is 36.7 Å². The number of aromatic nitrogens is 2. The molecule has 0 spiro atoms. The molecule has 2 fully saturated rings. The Labute approximate surface area is 171 Å². The summed E-state index contributed by atoms with van der Waals surface area (Å²) in [7, 11) is 0. The number of nitrogens with zero attached hydrogens (tertiary/aromatic N) is 5. The molecule has 0 saturated carbocycles. The number of carbonyl (C=O) groups is 1. The normalized spacial score (nSPS) is 18.0. The van der Waals surface area contributed by atoms with Gasteiger partial charge in [-0.15, -0.1) is 0 Å². The molecule has 4 rings (SSSR count). The third kappa shape index (κ3) is 4.65. The van der Waals surface area contributed by atoms with E-state index in [2.05, 4.69) is 38.1 Å². The van der Waals surface area contributed by atoms with Crippen molar-refractivity contribution in [2.75, 3.05) is 69.2 Å². The van der Waals surface area contributed by atoms with Crippen molar-refractivity contribution in [2.24, 2.45) is 0 Å². The number of anilines is 3. The zero-order valence-corrected chi connectivity index (χ0v) is 16.9. The van der Waals surface area contributed by atoms with Gasteiger partial charge in [0, 0.05) is 45.3 Å². The van der Waals surface area contributed by atoms with E-state index in [1.165, 1.54) is 6.33 Å². The molecule has 0 aliphatic carbocycles. The van der Waals surface area contributed by atoms with Crippen LogP contribution in [0.1, 0.15) is 17.4 Å². The number of para-hydroxylation sites is 2. The maximum atomic E-state index is 12.9. The van der Waals surface area contributed by atoms with E-state index in [0.717, 1.165) is 70.4 Å². The number of hydrogen-bond acceptors (Lipinski definition) is 7. The maximum absolute atomic E-state index is 12.9. The number of carbonyl (C=O) groups excluding carboxylic acids is 1. The second-order valence-corrected chi connectivity index (χ2v) is 7.26. The van der Waals surface area contributed by atoms with E-state index in [1.54, 1.807) is 6.07 Å². The van der Waals surface area contributed by atoms with Gasteiger partial charge in [0.1, 0.15) is 17.8 Å². The summed E-state index contributed by atoms with van der Waals surface area (Å²) in [5.41, 5.74) is 2.50. The van der Waals surface area contributed by atoms with Gasteiger partial charge in [0.2, 0.25) is 0 Å². The molecule has 2 saturated heterocycles. The van der Waals surface area contributed by atoms with Crippen LogP contribution in [0.5, 0.6) is 0 Å². The van der Waals surface area contributed by atoms with Crippen LogP contribution in [0.3, 0.4) is 0 Å². The van der Waals surface area contributed by atoms with Crippen molar-refractivity contribution >= 4 is 23.1 Å². The molecule has 2 aliphatic heterocycles. The van der Waals surface area contributed by atoms with E-state index in [4.69, 9.17) is 4.74 Å². The molecule has 1 aromatic carbocycles. The van der Waals surface area contributed by atoms with Gasteiger partial charge in [-0.05, 0) is 18.7 Å². The minimum atomic E-state index is -0.0346. The molecule has 1 aromatic heterocycles. The first-order valence-electron chi connectivity index (χ1n) is 10.3. The Morgan fingerprint density at radius 2 is 1.83 bits per heavy atom. The van der Waals surface area contributed by atoms with Crippen LogP contribution in [0.2, 0.25) is 0 Å². The van der Waals surface area contributed by atoms with Crippen molar-refractivity contribution < 1.29 is 9.53 Å². The van der Waals surface area contributed by atoms with Crippen molar-refractivity contribution in [2.45, 2.75) is 6.92 Å². The van der Waals surface area contributed by atoms with Gasteiger partial charge in [0.15, 0.2) is 0 Å². The first-order valence-corrected chi connectivity index (χ1v) is 10.3. The van der Waals surface area contributed by atoms with Gasteiger partial charge in [-0.2, -0.15) is 0 Å². The minimum absolute atomic E-state index is 0.0346. The topological polar surface area (TPSA) is 73.8 Å². The number of benzene rings is 1. The molecular weight excluding hydrogens is 368 g/mol. The van der Waals surface area contributed by atoms with Crippen molar-refractivity contribution in [1.29, 1.82) is 0 Å². The van der Waals surface area contributed by atoms with Gasteiger partial charge >= 0.3 is 0 Å². The third-order valence-corrected chi connectivity index (χ3v) is 5.51. The highest BCUT2D eigenvalue weighted by atomic mass is 16.5. The lowest BCUT2D eigenvalue weighted by atomic mass is 10.2. The number of hydrogen-bond donors (Lipinski definition) is 1. The fourth-order valence-electron chi connectivity index (χ4n) is 3.77. The number of morpholine rings is 1. The molecule has 3 heterocycles. The minimum Gasteiger partial charge on any atom is -0.378 e. The van der Waals surface area contributed by atoms with Crippen LogP contribution in [0.4, 0.5) is 17.2 Å². The number of amides is 1. The highest BCUT2D eigenvalue weighted by Crippen LogP contribution is 2.28. The Morgan fingerprint density at radius 3 is 2.59 bits per heavy atom. The summed E-state index contributed by atoms with van der Waals surface area (Å²) in [4.78, 5) is 28.0. The van der Waals surface area contributed by atoms with Crippen LogP contribution in [-0.4, -0.2) is 84.7 Å². The van der Waals surface area contributed by atoms with Gasteiger partial charge in [-0.1, -0.05) is 19.1 Å². The largest absolute Gasteiger partial charge is 0.378 e. The number of nitrogens with one attached hydrogen (secondary N) is 1. The van der Waals surface area contributed by atoms with Gasteiger partial charge in [-0.25, -0.2) is 9.97 Å². The maximum Gasteiger partial charge on any atom is 0.272 e. The summed E-state index contributed by atoms with van der Waals surface area (Å²) < 4.78 is 5.47. The van der Waals surface area contributed by atoms with E-state index in [1.807, 2.05) is 23.1 Å². The predicted molar refractivity (Wildman–Crippen MR) is 113 cm³/mol. The molecule has 2 aliphatic rings. The SMILES string of the molecule is CCN1CCN(C(=O)c2cc(Nc3ccccc3N3CCOCC3)ncn2)CC1. The summed E-state index contributed by atoms with van der Waals surface area (Å²) in [6.45, 7) is 9.62. The molecule has 154 valence electrons. The molecule has 0 radical (unpaired) electrons. The highest BCUT2D eigenvalue weighted by Gasteiger charge is 2.23. The molecule has 1 N–H and O–H groups in total. The van der Waals surface area contributed by atoms with E-state index in [-0.39, 0.29) is 5.91 Å². The van der Waals surface area contributed by atoms with Crippen molar-refractivity contribution in [3.63, 3.8) is 0 Å². The quantitative estimate of drug-likeness (QED) is 0.827. The molecule has 2 aromatic rings. The van der Waals surface area contributed by atoms with Gasteiger partial charge in [0.05, 0.1) is 24.6 Å².